The second-order valence-corrected chi connectivity index (χ2v) is 9.12. The van der Waals surface area contributed by atoms with Crippen molar-refractivity contribution in [3.05, 3.63) is 45.5 Å². The van der Waals surface area contributed by atoms with Crippen LogP contribution in [-0.2, 0) is 31.1 Å². The Morgan fingerprint density at radius 3 is 2.81 bits per heavy atom. The van der Waals surface area contributed by atoms with Gasteiger partial charge in [-0.3, -0.25) is 24.5 Å². The minimum Gasteiger partial charge on any atom is -0.390 e. The Balaban J connectivity index is 2.08. The first-order chi connectivity index (χ1) is 15.0. The van der Waals surface area contributed by atoms with Gasteiger partial charge in [-0.25, -0.2) is 9.00 Å². The number of nitrogens with two attached hydrogens (primary N) is 1. The van der Waals surface area contributed by atoms with Gasteiger partial charge in [0, 0.05) is 16.9 Å². The number of hydrogen-bond donors (Lipinski definition) is 3. The van der Waals surface area contributed by atoms with Gasteiger partial charge in [0.2, 0.25) is 24.0 Å². The van der Waals surface area contributed by atoms with E-state index in [1.807, 2.05) is 19.1 Å². The molecule has 4 N–H and O–H groups in total. The fourth-order valence-corrected chi connectivity index (χ4v) is 4.54. The predicted molar refractivity (Wildman–Crippen MR) is 119 cm³/mol. The van der Waals surface area contributed by atoms with Crippen LogP contribution in [0.25, 0.3) is 0 Å². The number of hydrogen-bond acceptors (Lipinski definition) is 10. The molecule has 12 nitrogen and oxygen atoms in total. The molecule has 0 amide bonds. The topological polar surface area (TPSA) is 177 Å². The molecule has 2 rings (SSSR count). The highest BCUT2D eigenvalue weighted by Gasteiger charge is 2.38. The number of carbonyl (C=O) groups is 2. The number of nitrogens with zero attached hydrogens (tertiary/aromatic N) is 3. The number of nitrogens with one attached hydrogen (secondary N) is 1. The molecule has 0 bridgehead atoms. The standard InChI is InChI=1S/C18H25N5O7S2/c1-12-6-3-4-7-13(12)18(2,19)10-15(24)30-17(25)16(21-32(28)29)23-14(31-11-20-23)8-5-9-22(26)27/h3-4,6-7,11,14,16,21H,5,8-10,19H2,1-2H3,(H,28,29). The van der Waals surface area contributed by atoms with Crippen molar-refractivity contribution in [1.82, 2.24) is 9.73 Å². The Morgan fingerprint density at radius 1 is 1.50 bits per heavy atom. The van der Waals surface area contributed by atoms with Crippen molar-refractivity contribution in [3.8, 4) is 0 Å². The highest BCUT2D eigenvalue weighted by atomic mass is 32.2. The molecule has 0 spiro atoms. The third-order valence-electron chi connectivity index (χ3n) is 4.67. The van der Waals surface area contributed by atoms with E-state index in [0.29, 0.717) is 5.56 Å². The zero-order valence-electron chi connectivity index (χ0n) is 17.5. The predicted octanol–water partition coefficient (Wildman–Crippen LogP) is 1.06. The van der Waals surface area contributed by atoms with Crippen LogP contribution in [0.3, 0.4) is 0 Å². The quantitative estimate of drug-likeness (QED) is 0.134. The number of nitro groups is 1. The van der Waals surface area contributed by atoms with Crippen molar-refractivity contribution in [1.29, 1.82) is 0 Å². The van der Waals surface area contributed by atoms with Gasteiger partial charge in [-0.1, -0.05) is 36.0 Å². The molecular formula is C18H25N5O7S2. The number of hydrazone groups is 1. The number of thioether (sulfide) groups is 1. The molecule has 1 aromatic rings. The molecule has 14 heteroatoms. The maximum atomic E-state index is 12.7. The average molecular weight is 488 g/mol. The van der Waals surface area contributed by atoms with Crippen LogP contribution in [0.1, 0.15) is 37.3 Å². The van der Waals surface area contributed by atoms with E-state index >= 15 is 0 Å². The van der Waals surface area contributed by atoms with Gasteiger partial charge in [-0.15, -0.1) is 0 Å². The van der Waals surface area contributed by atoms with Crippen molar-refractivity contribution < 1.29 is 28.0 Å². The fourth-order valence-electron chi connectivity index (χ4n) is 3.24. The molecule has 0 saturated heterocycles. The largest absolute Gasteiger partial charge is 0.390 e. The van der Waals surface area contributed by atoms with Gasteiger partial charge in [0.15, 0.2) is 0 Å². The molecule has 176 valence electrons. The molecule has 1 heterocycles. The fraction of sp³-hybridized carbons (Fsp3) is 0.500. The summed E-state index contributed by atoms with van der Waals surface area (Å²) in [6.45, 7) is 3.20. The first kappa shape index (κ1) is 25.9. The summed E-state index contributed by atoms with van der Waals surface area (Å²) in [5, 5.41) is 15.2. The van der Waals surface area contributed by atoms with Crippen molar-refractivity contribution in [3.63, 3.8) is 0 Å². The van der Waals surface area contributed by atoms with Crippen LogP contribution in [0.4, 0.5) is 0 Å². The highest BCUT2D eigenvalue weighted by molar-refractivity contribution is 8.12. The number of carbonyl (C=O) groups excluding carboxylic acids is 2. The van der Waals surface area contributed by atoms with Crippen molar-refractivity contribution in [2.24, 2.45) is 10.8 Å². The van der Waals surface area contributed by atoms with Gasteiger partial charge >= 0.3 is 11.9 Å². The van der Waals surface area contributed by atoms with Gasteiger partial charge < -0.3 is 10.5 Å². The lowest BCUT2D eigenvalue weighted by molar-refractivity contribution is -0.480. The van der Waals surface area contributed by atoms with Crippen LogP contribution in [0, 0.1) is 17.0 Å². The number of ether oxygens (including phenoxy) is 1. The summed E-state index contributed by atoms with van der Waals surface area (Å²) in [4.78, 5) is 35.2. The molecule has 0 radical (unpaired) electrons. The van der Waals surface area contributed by atoms with Crippen molar-refractivity contribution >= 4 is 40.5 Å². The Morgan fingerprint density at radius 2 is 2.19 bits per heavy atom. The maximum Gasteiger partial charge on any atom is 0.354 e. The molecule has 32 heavy (non-hydrogen) atoms. The normalized spacial score (nSPS) is 19.2. The highest BCUT2D eigenvalue weighted by Crippen LogP contribution is 2.28. The second-order valence-electron chi connectivity index (χ2n) is 7.36. The molecule has 4 atom stereocenters. The van der Waals surface area contributed by atoms with Gasteiger partial charge in [-0.2, -0.15) is 9.82 Å². The van der Waals surface area contributed by atoms with Crippen molar-refractivity contribution in [2.45, 2.75) is 50.2 Å². The SMILES string of the molecule is Cc1ccccc1C(C)(N)CC(=O)OC(=O)C(NS(=O)O)N1N=CSC1CCC[N+](=O)[O-]. The van der Waals surface area contributed by atoms with Gasteiger partial charge in [0.1, 0.15) is 5.37 Å². The summed E-state index contributed by atoms with van der Waals surface area (Å²) in [5.41, 5.74) is 8.15. The van der Waals surface area contributed by atoms with Crippen LogP contribution in [0.5, 0.6) is 0 Å². The Bertz CT molecular complexity index is 911. The Hall–Kier alpha value is -2.39. The van der Waals surface area contributed by atoms with E-state index in [0.717, 1.165) is 10.6 Å². The minimum absolute atomic E-state index is 0.204. The van der Waals surface area contributed by atoms with Crippen LogP contribution in [0.15, 0.2) is 29.4 Å². The Kier molecular flexibility index (Phi) is 9.27. The van der Waals surface area contributed by atoms with E-state index in [9.17, 15) is 28.5 Å². The first-order valence-electron chi connectivity index (χ1n) is 9.56. The molecule has 0 aromatic heterocycles. The van der Waals surface area contributed by atoms with Crippen LogP contribution in [-0.4, -0.2) is 54.3 Å². The van der Waals surface area contributed by atoms with E-state index in [1.165, 1.54) is 17.3 Å². The summed E-state index contributed by atoms with van der Waals surface area (Å²) >= 11 is -1.45. The van der Waals surface area contributed by atoms with E-state index in [2.05, 4.69) is 9.82 Å². The van der Waals surface area contributed by atoms with Crippen molar-refractivity contribution in [2.75, 3.05) is 6.54 Å². The summed E-state index contributed by atoms with van der Waals surface area (Å²) < 4.78 is 27.6. The summed E-state index contributed by atoms with van der Waals surface area (Å²) in [6.07, 6.45) is -1.39. The van der Waals surface area contributed by atoms with E-state index in [-0.39, 0.29) is 25.8 Å². The van der Waals surface area contributed by atoms with E-state index in [1.54, 1.807) is 19.1 Å². The lowest BCUT2D eigenvalue weighted by atomic mass is 9.87. The first-order valence-corrected chi connectivity index (χ1v) is 11.6. The molecule has 4 unspecified atom stereocenters. The molecule has 1 aromatic carbocycles. The zero-order valence-corrected chi connectivity index (χ0v) is 19.1. The molecule has 0 saturated carbocycles. The molecule has 1 aliphatic rings. The second kappa shape index (κ2) is 11.5. The number of aryl methyl sites for hydroxylation is 1. The van der Waals surface area contributed by atoms with Gasteiger partial charge in [-0.05, 0) is 31.4 Å². The molecule has 1 aliphatic heterocycles. The van der Waals surface area contributed by atoms with Gasteiger partial charge in [0.05, 0.1) is 12.0 Å². The third-order valence-corrected chi connectivity index (χ3v) is 6.08. The third kappa shape index (κ3) is 7.34. The maximum absolute atomic E-state index is 12.7. The van der Waals surface area contributed by atoms with E-state index < -0.39 is 45.2 Å². The van der Waals surface area contributed by atoms with Gasteiger partial charge in [0.25, 0.3) is 0 Å². The average Bonchev–Trinajstić information content (AvgIpc) is 3.13. The lowest BCUT2D eigenvalue weighted by Gasteiger charge is -2.29. The summed E-state index contributed by atoms with van der Waals surface area (Å²) in [7, 11) is 0. The summed E-state index contributed by atoms with van der Waals surface area (Å²) in [6, 6.07) is 7.23. The minimum atomic E-state index is -2.63. The number of benzene rings is 1. The Labute approximate surface area is 191 Å². The summed E-state index contributed by atoms with van der Waals surface area (Å²) in [5.74, 6) is -2.06. The van der Waals surface area contributed by atoms with E-state index in [4.69, 9.17) is 10.5 Å². The van der Waals surface area contributed by atoms with Crippen LogP contribution < -0.4 is 10.5 Å². The monoisotopic (exact) mass is 487 g/mol. The van der Waals surface area contributed by atoms with Crippen LogP contribution >= 0.6 is 11.8 Å². The zero-order chi connectivity index (χ0) is 23.9. The lowest BCUT2D eigenvalue weighted by Crippen LogP contribution is -2.52. The molecule has 0 fully saturated rings. The molecular weight excluding hydrogens is 462 g/mol. The number of esters is 2. The molecule has 0 aliphatic carbocycles. The van der Waals surface area contributed by atoms with Crippen LogP contribution in [0.2, 0.25) is 0 Å². The smallest absolute Gasteiger partial charge is 0.354 e. The number of rotatable bonds is 11.